The normalized spacial score (nSPS) is 36.8. The minimum Gasteiger partial charge on any atom is -0.307 e. The van der Waals surface area contributed by atoms with E-state index in [-0.39, 0.29) is 0 Å². The molecule has 1 aromatic rings. The van der Waals surface area contributed by atoms with Gasteiger partial charge in [-0.05, 0) is 37.3 Å². The zero-order valence-corrected chi connectivity index (χ0v) is 7.79. The van der Waals surface area contributed by atoms with Crippen LogP contribution in [-0.4, -0.2) is 6.54 Å². The van der Waals surface area contributed by atoms with E-state index in [1.165, 1.54) is 31.4 Å². The van der Waals surface area contributed by atoms with E-state index >= 15 is 0 Å². The number of rotatable bonds is 1. The van der Waals surface area contributed by atoms with Crippen LogP contribution in [0.15, 0.2) is 30.3 Å². The molecular formula is C12H15N. The Balaban J connectivity index is 2.00. The zero-order chi connectivity index (χ0) is 8.73. The summed E-state index contributed by atoms with van der Waals surface area (Å²) >= 11 is 0. The first-order chi connectivity index (χ1) is 6.42. The van der Waals surface area contributed by atoms with Crippen LogP contribution < -0.4 is 5.32 Å². The first-order valence-corrected chi connectivity index (χ1v) is 5.22. The molecule has 1 nitrogen and oxygen atoms in total. The number of benzene rings is 1. The van der Waals surface area contributed by atoms with Crippen molar-refractivity contribution in [1.29, 1.82) is 0 Å². The number of hydrogen-bond donors (Lipinski definition) is 1. The molecule has 1 aliphatic carbocycles. The molecule has 0 aromatic heterocycles. The number of nitrogens with one attached hydrogen (secondary N) is 1. The quantitative estimate of drug-likeness (QED) is 0.687. The van der Waals surface area contributed by atoms with Crippen molar-refractivity contribution in [2.75, 3.05) is 6.54 Å². The van der Waals surface area contributed by atoms with Crippen LogP contribution in [0, 0.1) is 5.92 Å². The summed E-state index contributed by atoms with van der Waals surface area (Å²) in [6.45, 7) is 1.21. The zero-order valence-electron chi connectivity index (χ0n) is 7.79. The van der Waals surface area contributed by atoms with Crippen LogP contribution in [0.5, 0.6) is 0 Å². The topological polar surface area (TPSA) is 12.0 Å². The molecule has 0 amide bonds. The van der Waals surface area contributed by atoms with Gasteiger partial charge in [-0.15, -0.1) is 0 Å². The van der Waals surface area contributed by atoms with E-state index in [9.17, 15) is 0 Å². The Kier molecular flexibility index (Phi) is 1.50. The van der Waals surface area contributed by atoms with Gasteiger partial charge in [-0.25, -0.2) is 0 Å². The van der Waals surface area contributed by atoms with Gasteiger partial charge in [0.25, 0.3) is 0 Å². The summed E-state index contributed by atoms with van der Waals surface area (Å²) in [6, 6.07) is 10.9. The molecule has 13 heavy (non-hydrogen) atoms. The summed E-state index contributed by atoms with van der Waals surface area (Å²) in [5.74, 6) is 0.912. The molecule has 3 rings (SSSR count). The third-order valence-corrected chi connectivity index (χ3v) is 3.81. The van der Waals surface area contributed by atoms with Gasteiger partial charge < -0.3 is 5.32 Å². The molecule has 1 aliphatic heterocycles. The first-order valence-electron chi connectivity index (χ1n) is 5.22. The van der Waals surface area contributed by atoms with Gasteiger partial charge in [-0.2, -0.15) is 0 Å². The summed E-state index contributed by atoms with van der Waals surface area (Å²) in [5, 5.41) is 3.69. The monoisotopic (exact) mass is 173 g/mol. The van der Waals surface area contributed by atoms with E-state index in [1.807, 2.05) is 0 Å². The molecule has 0 bridgehead atoms. The summed E-state index contributed by atoms with van der Waals surface area (Å²) in [6.07, 6.45) is 4.12. The second kappa shape index (κ2) is 2.58. The molecular weight excluding hydrogens is 158 g/mol. The second-order valence-corrected chi connectivity index (χ2v) is 4.29. The third-order valence-electron chi connectivity index (χ3n) is 3.81. The van der Waals surface area contributed by atoms with Crippen molar-refractivity contribution in [3.05, 3.63) is 35.9 Å². The summed E-state index contributed by atoms with van der Waals surface area (Å²) in [7, 11) is 0. The van der Waals surface area contributed by atoms with Crippen LogP contribution in [0.3, 0.4) is 0 Å². The molecule has 0 radical (unpaired) electrons. The molecule has 0 unspecified atom stereocenters. The SMILES string of the molecule is c1ccc([C@@]23CC[C@H]2CCN3)cc1. The van der Waals surface area contributed by atoms with Gasteiger partial charge in [0.05, 0.1) is 0 Å². The Labute approximate surface area is 79.2 Å². The summed E-state index contributed by atoms with van der Waals surface area (Å²) < 4.78 is 0. The van der Waals surface area contributed by atoms with Crippen molar-refractivity contribution in [1.82, 2.24) is 5.32 Å². The molecule has 1 heteroatoms. The van der Waals surface area contributed by atoms with Crippen LogP contribution >= 0.6 is 0 Å². The van der Waals surface area contributed by atoms with Crippen LogP contribution in [0.1, 0.15) is 24.8 Å². The van der Waals surface area contributed by atoms with Crippen molar-refractivity contribution in [2.24, 2.45) is 5.92 Å². The predicted octanol–water partition coefficient (Wildman–Crippen LogP) is 2.29. The van der Waals surface area contributed by atoms with Gasteiger partial charge in [0, 0.05) is 5.54 Å². The highest BCUT2D eigenvalue weighted by molar-refractivity contribution is 5.30. The van der Waals surface area contributed by atoms with Crippen LogP contribution in [0.4, 0.5) is 0 Å². The van der Waals surface area contributed by atoms with Gasteiger partial charge in [-0.3, -0.25) is 0 Å². The average molecular weight is 173 g/mol. The van der Waals surface area contributed by atoms with E-state index < -0.39 is 0 Å². The summed E-state index contributed by atoms with van der Waals surface area (Å²) in [4.78, 5) is 0. The van der Waals surface area contributed by atoms with E-state index in [4.69, 9.17) is 0 Å². The van der Waals surface area contributed by atoms with E-state index in [2.05, 4.69) is 35.6 Å². The van der Waals surface area contributed by atoms with Gasteiger partial charge in [-0.1, -0.05) is 30.3 Å². The maximum Gasteiger partial charge on any atom is 0.0463 e. The minimum atomic E-state index is 0.376. The lowest BCUT2D eigenvalue weighted by atomic mass is 9.64. The van der Waals surface area contributed by atoms with Crippen LogP contribution in [-0.2, 0) is 5.54 Å². The molecule has 0 spiro atoms. The summed E-state index contributed by atoms with van der Waals surface area (Å²) in [5.41, 5.74) is 1.88. The van der Waals surface area contributed by atoms with Crippen molar-refractivity contribution < 1.29 is 0 Å². The third kappa shape index (κ3) is 0.910. The fraction of sp³-hybridized carbons (Fsp3) is 0.500. The maximum atomic E-state index is 3.69. The first kappa shape index (κ1) is 7.57. The van der Waals surface area contributed by atoms with Gasteiger partial charge in [0.1, 0.15) is 0 Å². The van der Waals surface area contributed by atoms with Gasteiger partial charge in [0.15, 0.2) is 0 Å². The maximum absolute atomic E-state index is 3.69. The Morgan fingerprint density at radius 3 is 2.62 bits per heavy atom. The van der Waals surface area contributed by atoms with Crippen LogP contribution in [0.2, 0.25) is 0 Å². The molecule has 1 N–H and O–H groups in total. The Hall–Kier alpha value is -0.820. The van der Waals surface area contributed by atoms with Crippen molar-refractivity contribution in [3.8, 4) is 0 Å². The molecule has 68 valence electrons. The van der Waals surface area contributed by atoms with E-state index in [0.717, 1.165) is 5.92 Å². The molecule has 1 heterocycles. The molecule has 1 saturated heterocycles. The molecule has 2 aliphatic rings. The fourth-order valence-corrected chi connectivity index (χ4v) is 2.95. The highest BCUT2D eigenvalue weighted by Gasteiger charge is 2.50. The smallest absolute Gasteiger partial charge is 0.0463 e. The molecule has 2 fully saturated rings. The van der Waals surface area contributed by atoms with E-state index in [1.54, 1.807) is 0 Å². The minimum absolute atomic E-state index is 0.376. The average Bonchev–Trinajstić information content (AvgIpc) is 2.45. The Bertz CT molecular complexity index is 306. The van der Waals surface area contributed by atoms with Crippen molar-refractivity contribution in [3.63, 3.8) is 0 Å². The van der Waals surface area contributed by atoms with Gasteiger partial charge in [0.2, 0.25) is 0 Å². The highest BCUT2D eigenvalue weighted by Crippen LogP contribution is 2.51. The number of fused-ring (bicyclic) bond motifs is 1. The molecule has 1 saturated carbocycles. The van der Waals surface area contributed by atoms with Gasteiger partial charge >= 0.3 is 0 Å². The molecule has 2 atom stereocenters. The standard InChI is InChI=1S/C12H15N/c1-2-4-10(5-3-1)12-8-6-11(12)7-9-13-12/h1-5,11,13H,6-9H2/t11-,12-/m0/s1. The van der Waals surface area contributed by atoms with Crippen molar-refractivity contribution >= 4 is 0 Å². The Morgan fingerprint density at radius 2 is 2.00 bits per heavy atom. The predicted molar refractivity (Wildman–Crippen MR) is 53.5 cm³/mol. The largest absolute Gasteiger partial charge is 0.307 e. The van der Waals surface area contributed by atoms with Crippen molar-refractivity contribution in [2.45, 2.75) is 24.8 Å². The van der Waals surface area contributed by atoms with Crippen LogP contribution in [0.25, 0.3) is 0 Å². The lowest BCUT2D eigenvalue weighted by Gasteiger charge is -2.45. The van der Waals surface area contributed by atoms with E-state index in [0.29, 0.717) is 5.54 Å². The second-order valence-electron chi connectivity index (χ2n) is 4.29. The Morgan fingerprint density at radius 1 is 1.15 bits per heavy atom. The molecule has 1 aromatic carbocycles. The number of hydrogen-bond acceptors (Lipinski definition) is 1. The fourth-order valence-electron chi connectivity index (χ4n) is 2.95. The highest BCUT2D eigenvalue weighted by atomic mass is 15.0. The lowest BCUT2D eigenvalue weighted by molar-refractivity contribution is 0.136. The lowest BCUT2D eigenvalue weighted by Crippen LogP contribution is -2.48.